The summed E-state index contributed by atoms with van der Waals surface area (Å²) in [7, 11) is 3.18. The molecule has 0 unspecified atom stereocenters. The minimum atomic E-state index is 0.00314. The van der Waals surface area contributed by atoms with Crippen LogP contribution in [0.3, 0.4) is 0 Å². The molecule has 2 amide bonds. The number of aliphatic imine (C=N–C) groups is 2. The third kappa shape index (κ3) is 5.39. The minimum absolute atomic E-state index is 0.00314. The molecule has 44 heavy (non-hydrogen) atoms. The monoisotopic (exact) mass is 600 g/mol. The van der Waals surface area contributed by atoms with Crippen molar-refractivity contribution < 1.29 is 28.5 Å². The molecule has 7 rings (SSSR count). The number of carbonyl (C=O) groups is 2. The number of ether oxygens (including phenoxy) is 4. The minimum Gasteiger partial charge on any atom is -0.493 e. The summed E-state index contributed by atoms with van der Waals surface area (Å²) in [5.41, 5.74) is 2.71. The largest absolute Gasteiger partial charge is 0.493 e. The fourth-order valence-corrected chi connectivity index (χ4v) is 6.94. The van der Waals surface area contributed by atoms with Crippen LogP contribution in [0.5, 0.6) is 23.0 Å². The highest BCUT2D eigenvalue weighted by Gasteiger charge is 2.53. The average molecular weight is 601 g/mol. The summed E-state index contributed by atoms with van der Waals surface area (Å²) in [5.74, 6) is 2.29. The summed E-state index contributed by atoms with van der Waals surface area (Å²) in [5, 5.41) is 0. The zero-order valence-corrected chi connectivity index (χ0v) is 25.5. The second kappa shape index (κ2) is 11.8. The van der Waals surface area contributed by atoms with E-state index < -0.39 is 0 Å². The standard InChI is InChI=1S/C34H40N4O6/c1-41-28-14-24-26(35-19-22-8-4-5-11-37(22)32(24)39)16-30(28)43-12-6-3-7-13-44-31-17-27-25(15-29(31)42-2)33(40)38-21-34(9-10-34)18-23(38)20-36-27/h14-17,19-20,22-23H,3-13,18,21H2,1-2H3/t22-,23-/m0/s1. The Kier molecular flexibility index (Phi) is 7.68. The predicted molar refractivity (Wildman–Crippen MR) is 167 cm³/mol. The first-order valence-electron chi connectivity index (χ1n) is 15.9. The molecule has 2 aromatic rings. The summed E-state index contributed by atoms with van der Waals surface area (Å²) in [4.78, 5) is 39.8. The molecule has 0 N–H and O–H groups in total. The second-order valence-electron chi connectivity index (χ2n) is 12.6. The van der Waals surface area contributed by atoms with Crippen LogP contribution < -0.4 is 18.9 Å². The van der Waals surface area contributed by atoms with Crippen LogP contribution in [-0.4, -0.2) is 86.6 Å². The fourth-order valence-electron chi connectivity index (χ4n) is 6.94. The molecule has 1 aliphatic carbocycles. The maximum atomic E-state index is 13.4. The van der Waals surface area contributed by atoms with E-state index in [0.29, 0.717) is 64.1 Å². The molecule has 2 aromatic carbocycles. The lowest BCUT2D eigenvalue weighted by Gasteiger charge is -2.32. The van der Waals surface area contributed by atoms with E-state index in [1.54, 1.807) is 26.4 Å². The fraction of sp³-hybridized carbons (Fsp3) is 0.529. The van der Waals surface area contributed by atoms with Crippen LogP contribution in [0.25, 0.3) is 0 Å². The Balaban J connectivity index is 0.924. The number of fused-ring (bicyclic) bond motifs is 4. The lowest BCUT2D eigenvalue weighted by molar-refractivity contribution is 0.0687. The highest BCUT2D eigenvalue weighted by atomic mass is 16.5. The van der Waals surface area contributed by atoms with Gasteiger partial charge in [-0.05, 0) is 75.3 Å². The molecule has 2 atom stereocenters. The van der Waals surface area contributed by atoms with Crippen molar-refractivity contribution in [3.05, 3.63) is 35.4 Å². The zero-order valence-electron chi connectivity index (χ0n) is 25.5. The maximum Gasteiger partial charge on any atom is 0.256 e. The molecule has 10 heteroatoms. The normalized spacial score (nSPS) is 22.5. The number of nitrogens with zero attached hydrogens (tertiary/aromatic N) is 4. The molecule has 4 heterocycles. The van der Waals surface area contributed by atoms with E-state index in [2.05, 4.69) is 4.99 Å². The van der Waals surface area contributed by atoms with Crippen molar-refractivity contribution in [3.63, 3.8) is 0 Å². The van der Waals surface area contributed by atoms with Crippen molar-refractivity contribution in [2.24, 2.45) is 15.4 Å². The lowest BCUT2D eigenvalue weighted by Crippen LogP contribution is -2.43. The van der Waals surface area contributed by atoms with Crippen LogP contribution >= 0.6 is 0 Å². The van der Waals surface area contributed by atoms with Crippen LogP contribution in [0, 0.1) is 5.41 Å². The van der Waals surface area contributed by atoms with Crippen molar-refractivity contribution in [1.82, 2.24) is 9.80 Å². The van der Waals surface area contributed by atoms with Gasteiger partial charge in [0, 0.05) is 37.7 Å². The summed E-state index contributed by atoms with van der Waals surface area (Å²) in [6.07, 6.45) is 12.8. The predicted octanol–water partition coefficient (Wildman–Crippen LogP) is 5.75. The molecule has 2 saturated heterocycles. The molecule has 10 nitrogen and oxygen atoms in total. The van der Waals surface area contributed by atoms with E-state index in [1.165, 1.54) is 12.8 Å². The van der Waals surface area contributed by atoms with Gasteiger partial charge in [0.25, 0.3) is 11.8 Å². The van der Waals surface area contributed by atoms with Gasteiger partial charge in [-0.3, -0.25) is 19.6 Å². The van der Waals surface area contributed by atoms with Crippen molar-refractivity contribution in [2.75, 3.05) is 40.5 Å². The van der Waals surface area contributed by atoms with Crippen LogP contribution in [0.15, 0.2) is 34.3 Å². The van der Waals surface area contributed by atoms with Gasteiger partial charge in [0.2, 0.25) is 0 Å². The van der Waals surface area contributed by atoms with Gasteiger partial charge in [-0.25, -0.2) is 0 Å². The molecule has 0 bridgehead atoms. The molecule has 3 fully saturated rings. The van der Waals surface area contributed by atoms with Crippen molar-refractivity contribution in [1.29, 1.82) is 0 Å². The lowest BCUT2D eigenvalue weighted by atomic mass is 10.0. The van der Waals surface area contributed by atoms with Gasteiger partial charge in [0.15, 0.2) is 23.0 Å². The number of piperidine rings is 1. The number of carbonyl (C=O) groups excluding carboxylic acids is 2. The van der Waals surface area contributed by atoms with Gasteiger partial charge in [-0.1, -0.05) is 0 Å². The second-order valence-corrected chi connectivity index (χ2v) is 12.6. The van der Waals surface area contributed by atoms with Crippen molar-refractivity contribution in [3.8, 4) is 23.0 Å². The molecular formula is C34H40N4O6. The molecule has 1 saturated carbocycles. The Bertz CT molecular complexity index is 1520. The topological polar surface area (TPSA) is 102 Å². The number of hydrogen-bond donors (Lipinski definition) is 0. The van der Waals surface area contributed by atoms with E-state index in [0.717, 1.165) is 58.0 Å². The van der Waals surface area contributed by atoms with E-state index in [9.17, 15) is 9.59 Å². The molecule has 5 aliphatic rings. The summed E-state index contributed by atoms with van der Waals surface area (Å²) in [6, 6.07) is 7.29. The van der Waals surface area contributed by atoms with Gasteiger partial charge in [-0.15, -0.1) is 0 Å². The van der Waals surface area contributed by atoms with Gasteiger partial charge < -0.3 is 28.7 Å². The smallest absolute Gasteiger partial charge is 0.256 e. The van der Waals surface area contributed by atoms with Gasteiger partial charge in [0.05, 0.1) is 62.0 Å². The number of amides is 2. The first-order valence-corrected chi connectivity index (χ1v) is 15.9. The summed E-state index contributed by atoms with van der Waals surface area (Å²) in [6.45, 7) is 2.57. The Morgan fingerprint density at radius 3 is 1.93 bits per heavy atom. The molecule has 232 valence electrons. The molecule has 0 radical (unpaired) electrons. The van der Waals surface area contributed by atoms with Gasteiger partial charge in [-0.2, -0.15) is 0 Å². The number of benzene rings is 2. The quantitative estimate of drug-likeness (QED) is 0.322. The highest BCUT2D eigenvalue weighted by molar-refractivity contribution is 6.04. The van der Waals surface area contributed by atoms with Crippen LogP contribution in [-0.2, 0) is 0 Å². The molecule has 0 aromatic heterocycles. The third-order valence-electron chi connectivity index (χ3n) is 9.68. The molecule has 4 aliphatic heterocycles. The summed E-state index contributed by atoms with van der Waals surface area (Å²) >= 11 is 0. The Morgan fingerprint density at radius 1 is 0.750 bits per heavy atom. The zero-order chi connectivity index (χ0) is 30.3. The highest BCUT2D eigenvalue weighted by Crippen LogP contribution is 2.55. The number of hydrogen-bond acceptors (Lipinski definition) is 8. The number of methoxy groups -OCH3 is 2. The van der Waals surface area contributed by atoms with Gasteiger partial charge in [0.1, 0.15) is 0 Å². The van der Waals surface area contributed by atoms with Crippen molar-refractivity contribution in [2.45, 2.75) is 69.9 Å². The first kappa shape index (κ1) is 28.7. The number of rotatable bonds is 10. The Morgan fingerprint density at radius 2 is 1.34 bits per heavy atom. The van der Waals surface area contributed by atoms with Crippen LogP contribution in [0.1, 0.15) is 78.5 Å². The average Bonchev–Trinajstić information content (AvgIpc) is 3.75. The SMILES string of the molecule is COc1cc2c(cc1OCCCCCOc1cc3c(cc1OC)C(=O)N1CC4(CC4)C[C@H]1C=N3)N=C[C@@H]1CCCCN1C2=O. The maximum absolute atomic E-state index is 13.4. The van der Waals surface area contributed by atoms with E-state index in [1.807, 2.05) is 34.4 Å². The van der Waals surface area contributed by atoms with Crippen LogP contribution in [0.2, 0.25) is 0 Å². The third-order valence-corrected chi connectivity index (χ3v) is 9.68. The molecular weight excluding hydrogens is 560 g/mol. The van der Waals surface area contributed by atoms with E-state index in [4.69, 9.17) is 23.9 Å². The van der Waals surface area contributed by atoms with Crippen molar-refractivity contribution >= 4 is 35.6 Å². The van der Waals surface area contributed by atoms with Gasteiger partial charge >= 0.3 is 0 Å². The Labute approximate surface area is 258 Å². The molecule has 1 spiro atoms. The number of unbranched alkanes of at least 4 members (excludes halogenated alkanes) is 2. The Hall–Kier alpha value is -4.08. The van der Waals surface area contributed by atoms with Crippen LogP contribution in [0.4, 0.5) is 11.4 Å². The van der Waals surface area contributed by atoms with E-state index in [-0.39, 0.29) is 23.9 Å². The first-order chi connectivity index (χ1) is 21.5. The van der Waals surface area contributed by atoms with E-state index >= 15 is 0 Å². The summed E-state index contributed by atoms with van der Waals surface area (Å²) < 4.78 is 23.4.